The lowest BCUT2D eigenvalue weighted by molar-refractivity contribution is -0.385. The van der Waals surface area contributed by atoms with Crippen molar-refractivity contribution < 1.29 is 9.66 Å². The van der Waals surface area contributed by atoms with Crippen LogP contribution in [-0.4, -0.2) is 24.6 Å². The lowest BCUT2D eigenvalue weighted by Crippen LogP contribution is -2.29. The molecule has 1 rings (SSSR count). The maximum Gasteiger partial charge on any atom is 0.310 e. The molecule has 6 nitrogen and oxygen atoms in total. The van der Waals surface area contributed by atoms with Crippen LogP contribution < -0.4 is 10.1 Å². The normalized spacial score (nSPS) is 11.5. The van der Waals surface area contributed by atoms with Gasteiger partial charge in [-0.25, -0.2) is 0 Å². The second-order valence-corrected chi connectivity index (χ2v) is 3.01. The lowest BCUT2D eigenvalue weighted by Gasteiger charge is -2.09. The van der Waals surface area contributed by atoms with Crippen molar-refractivity contribution in [2.45, 2.75) is 6.04 Å². The number of hydrogen-bond acceptors (Lipinski definition) is 5. The molecule has 0 spiro atoms. The van der Waals surface area contributed by atoms with Gasteiger partial charge in [-0.3, -0.25) is 10.1 Å². The van der Waals surface area contributed by atoms with E-state index in [1.54, 1.807) is 19.2 Å². The van der Waals surface area contributed by atoms with Crippen LogP contribution in [0, 0.1) is 21.4 Å². The van der Waals surface area contributed by atoms with Gasteiger partial charge in [0.1, 0.15) is 12.6 Å². The average Bonchev–Trinajstić information content (AvgIpc) is 2.30. The Morgan fingerprint density at radius 2 is 2.31 bits per heavy atom. The second kappa shape index (κ2) is 5.68. The summed E-state index contributed by atoms with van der Waals surface area (Å²) >= 11 is 0. The van der Waals surface area contributed by atoms with Gasteiger partial charge in [0.25, 0.3) is 0 Å². The number of para-hydroxylation sites is 2. The van der Waals surface area contributed by atoms with E-state index >= 15 is 0 Å². The predicted octanol–water partition coefficient (Wildman–Crippen LogP) is 1.09. The van der Waals surface area contributed by atoms with E-state index in [0.717, 1.165) is 0 Å². The van der Waals surface area contributed by atoms with Gasteiger partial charge in [0.05, 0.1) is 11.0 Å². The highest BCUT2D eigenvalue weighted by Gasteiger charge is 2.14. The van der Waals surface area contributed by atoms with E-state index in [9.17, 15) is 10.1 Å². The third kappa shape index (κ3) is 2.93. The van der Waals surface area contributed by atoms with Crippen LogP contribution in [0.1, 0.15) is 0 Å². The molecule has 0 heterocycles. The first-order chi connectivity index (χ1) is 7.69. The Hall–Kier alpha value is -2.13. The molecule has 0 aliphatic rings. The van der Waals surface area contributed by atoms with Crippen molar-refractivity contribution >= 4 is 5.69 Å². The van der Waals surface area contributed by atoms with Crippen LogP contribution in [0.25, 0.3) is 0 Å². The van der Waals surface area contributed by atoms with E-state index in [1.807, 2.05) is 6.07 Å². The molecule has 0 bridgehead atoms. The SMILES string of the molecule is CNC(C#N)COc1ccccc1[N+](=O)[O-]. The monoisotopic (exact) mass is 221 g/mol. The molecule has 6 heteroatoms. The highest BCUT2D eigenvalue weighted by molar-refractivity contribution is 5.45. The number of nitrogens with one attached hydrogen (secondary N) is 1. The number of benzene rings is 1. The second-order valence-electron chi connectivity index (χ2n) is 3.01. The smallest absolute Gasteiger partial charge is 0.310 e. The Labute approximate surface area is 92.6 Å². The molecule has 1 N–H and O–H groups in total. The summed E-state index contributed by atoms with van der Waals surface area (Å²) in [6, 6.07) is 7.54. The summed E-state index contributed by atoms with van der Waals surface area (Å²) < 4.78 is 5.22. The van der Waals surface area contributed by atoms with Gasteiger partial charge in [0.15, 0.2) is 5.75 Å². The summed E-state index contributed by atoms with van der Waals surface area (Å²) in [6.07, 6.45) is 0. The molecule has 0 amide bonds. The van der Waals surface area contributed by atoms with E-state index in [4.69, 9.17) is 10.00 Å². The molecule has 1 atom stereocenters. The van der Waals surface area contributed by atoms with Gasteiger partial charge in [-0.15, -0.1) is 0 Å². The molecule has 1 aromatic rings. The van der Waals surface area contributed by atoms with Crippen LogP contribution in [0.3, 0.4) is 0 Å². The van der Waals surface area contributed by atoms with Gasteiger partial charge in [0.2, 0.25) is 0 Å². The maximum atomic E-state index is 10.7. The Balaban J connectivity index is 2.74. The predicted molar refractivity (Wildman–Crippen MR) is 57.1 cm³/mol. The van der Waals surface area contributed by atoms with E-state index in [1.165, 1.54) is 12.1 Å². The summed E-state index contributed by atoms with van der Waals surface area (Å²) in [5.41, 5.74) is -0.102. The molecule has 84 valence electrons. The first kappa shape index (κ1) is 11.9. The highest BCUT2D eigenvalue weighted by Crippen LogP contribution is 2.25. The van der Waals surface area contributed by atoms with Crippen molar-refractivity contribution in [2.24, 2.45) is 0 Å². The van der Waals surface area contributed by atoms with Crippen LogP contribution in [0.2, 0.25) is 0 Å². The molecule has 0 radical (unpaired) electrons. The minimum Gasteiger partial charge on any atom is -0.484 e. The zero-order chi connectivity index (χ0) is 12.0. The molecule has 0 fully saturated rings. The molecule has 1 aromatic carbocycles. The summed E-state index contributed by atoms with van der Waals surface area (Å²) in [4.78, 5) is 10.1. The summed E-state index contributed by atoms with van der Waals surface area (Å²) in [5.74, 6) is 0.169. The summed E-state index contributed by atoms with van der Waals surface area (Å²) in [5, 5.41) is 22.0. The number of ether oxygens (including phenoxy) is 1. The van der Waals surface area contributed by atoms with E-state index in [-0.39, 0.29) is 18.0 Å². The fourth-order valence-electron chi connectivity index (χ4n) is 1.09. The average molecular weight is 221 g/mol. The Kier molecular flexibility index (Phi) is 4.24. The van der Waals surface area contributed by atoms with Crippen LogP contribution in [0.5, 0.6) is 5.75 Å². The van der Waals surface area contributed by atoms with E-state index in [2.05, 4.69) is 5.32 Å². The van der Waals surface area contributed by atoms with Crippen molar-refractivity contribution in [3.63, 3.8) is 0 Å². The van der Waals surface area contributed by atoms with Crippen LogP contribution >= 0.6 is 0 Å². The van der Waals surface area contributed by atoms with Crippen LogP contribution in [0.15, 0.2) is 24.3 Å². The molecular formula is C10H11N3O3. The summed E-state index contributed by atoms with van der Waals surface area (Å²) in [6.45, 7) is 0.0673. The molecule has 0 saturated heterocycles. The number of rotatable bonds is 5. The van der Waals surface area contributed by atoms with Crippen LogP contribution in [0.4, 0.5) is 5.69 Å². The van der Waals surface area contributed by atoms with Crippen molar-refractivity contribution in [2.75, 3.05) is 13.7 Å². The lowest BCUT2D eigenvalue weighted by atomic mass is 10.3. The zero-order valence-electron chi connectivity index (χ0n) is 8.71. The first-order valence-corrected chi connectivity index (χ1v) is 4.62. The van der Waals surface area contributed by atoms with Gasteiger partial charge < -0.3 is 10.1 Å². The maximum absolute atomic E-state index is 10.7. The van der Waals surface area contributed by atoms with E-state index < -0.39 is 11.0 Å². The molecule has 16 heavy (non-hydrogen) atoms. The van der Waals surface area contributed by atoms with Gasteiger partial charge in [-0.05, 0) is 13.1 Å². The number of nitro groups is 1. The minimum absolute atomic E-state index is 0.0673. The molecular weight excluding hydrogens is 210 g/mol. The van der Waals surface area contributed by atoms with Gasteiger partial charge >= 0.3 is 5.69 Å². The quantitative estimate of drug-likeness (QED) is 0.593. The van der Waals surface area contributed by atoms with Crippen molar-refractivity contribution in [1.29, 1.82) is 5.26 Å². The third-order valence-electron chi connectivity index (χ3n) is 1.97. The highest BCUT2D eigenvalue weighted by atomic mass is 16.6. The Morgan fingerprint density at radius 1 is 1.62 bits per heavy atom. The zero-order valence-corrected chi connectivity index (χ0v) is 8.71. The minimum atomic E-state index is -0.518. The number of nitro benzene ring substituents is 1. The molecule has 0 aliphatic heterocycles. The van der Waals surface area contributed by atoms with Gasteiger partial charge in [-0.1, -0.05) is 12.1 Å². The molecule has 0 aromatic heterocycles. The molecule has 0 saturated carbocycles. The van der Waals surface area contributed by atoms with Gasteiger partial charge in [-0.2, -0.15) is 5.26 Å². The molecule has 0 aliphatic carbocycles. The Morgan fingerprint density at radius 3 is 2.88 bits per heavy atom. The third-order valence-corrected chi connectivity index (χ3v) is 1.97. The number of nitrogens with zero attached hydrogens (tertiary/aromatic N) is 2. The standard InChI is InChI=1S/C10H11N3O3/c1-12-8(6-11)7-16-10-5-3-2-4-9(10)13(14)15/h2-5,8,12H,7H2,1H3. The van der Waals surface area contributed by atoms with Crippen molar-refractivity contribution in [1.82, 2.24) is 5.32 Å². The van der Waals surface area contributed by atoms with Crippen molar-refractivity contribution in [3.05, 3.63) is 34.4 Å². The van der Waals surface area contributed by atoms with Crippen molar-refractivity contribution in [3.8, 4) is 11.8 Å². The Bertz CT molecular complexity index is 414. The van der Waals surface area contributed by atoms with Crippen LogP contribution in [-0.2, 0) is 0 Å². The molecule has 1 unspecified atom stereocenters. The van der Waals surface area contributed by atoms with Gasteiger partial charge in [0, 0.05) is 6.07 Å². The summed E-state index contributed by atoms with van der Waals surface area (Å²) in [7, 11) is 1.62. The fraction of sp³-hybridized carbons (Fsp3) is 0.300. The fourth-order valence-corrected chi connectivity index (χ4v) is 1.09. The number of nitriles is 1. The topological polar surface area (TPSA) is 88.2 Å². The largest absolute Gasteiger partial charge is 0.484 e. The number of hydrogen-bond donors (Lipinski definition) is 1. The van der Waals surface area contributed by atoms with E-state index in [0.29, 0.717) is 0 Å². The first-order valence-electron chi connectivity index (χ1n) is 4.62. The number of likely N-dealkylation sites (N-methyl/N-ethyl adjacent to an activating group) is 1.